The van der Waals surface area contributed by atoms with E-state index in [1.54, 1.807) is 0 Å². The molecule has 0 radical (unpaired) electrons. The molecule has 0 bridgehead atoms. The number of alkyl halides is 3. The SMILES string of the molecule is NNC(CCCC(F)(F)F)c1ccsc1. The standard InChI is InChI=1S/C9H13F3N2S/c10-9(11,12)4-1-2-8(14-13)7-3-5-15-6-7/h3,5-6,8,14H,1-2,4,13H2. The van der Waals surface area contributed by atoms with Crippen LogP contribution in [-0.2, 0) is 0 Å². The Kier molecular flexibility index (Phi) is 4.56. The zero-order valence-electron chi connectivity index (χ0n) is 8.05. The van der Waals surface area contributed by atoms with Gasteiger partial charge in [-0.2, -0.15) is 24.5 Å². The van der Waals surface area contributed by atoms with Gasteiger partial charge in [-0.25, -0.2) is 0 Å². The second kappa shape index (κ2) is 5.48. The van der Waals surface area contributed by atoms with Gasteiger partial charge in [0, 0.05) is 12.5 Å². The van der Waals surface area contributed by atoms with E-state index in [4.69, 9.17) is 5.84 Å². The molecule has 6 heteroatoms. The Morgan fingerprint density at radius 3 is 2.67 bits per heavy atom. The highest BCUT2D eigenvalue weighted by Crippen LogP contribution is 2.26. The van der Waals surface area contributed by atoms with Crippen LogP contribution in [0.3, 0.4) is 0 Å². The smallest absolute Gasteiger partial charge is 0.271 e. The van der Waals surface area contributed by atoms with Crippen LogP contribution in [0, 0.1) is 0 Å². The lowest BCUT2D eigenvalue weighted by Crippen LogP contribution is -2.27. The molecule has 0 saturated heterocycles. The van der Waals surface area contributed by atoms with Gasteiger partial charge in [0.05, 0.1) is 0 Å². The van der Waals surface area contributed by atoms with Crippen molar-refractivity contribution in [3.63, 3.8) is 0 Å². The van der Waals surface area contributed by atoms with Crippen molar-refractivity contribution in [2.45, 2.75) is 31.5 Å². The van der Waals surface area contributed by atoms with Crippen LogP contribution in [0.4, 0.5) is 13.2 Å². The van der Waals surface area contributed by atoms with Crippen LogP contribution >= 0.6 is 11.3 Å². The molecule has 86 valence electrons. The van der Waals surface area contributed by atoms with Crippen molar-refractivity contribution in [3.05, 3.63) is 22.4 Å². The molecule has 0 spiro atoms. The second-order valence-electron chi connectivity index (χ2n) is 3.28. The summed E-state index contributed by atoms with van der Waals surface area (Å²) in [4.78, 5) is 0. The molecule has 0 aliphatic heterocycles. The summed E-state index contributed by atoms with van der Waals surface area (Å²) in [7, 11) is 0. The summed E-state index contributed by atoms with van der Waals surface area (Å²) in [5.41, 5.74) is 3.48. The van der Waals surface area contributed by atoms with E-state index in [-0.39, 0.29) is 12.5 Å². The first-order valence-electron chi connectivity index (χ1n) is 4.58. The van der Waals surface area contributed by atoms with Crippen LogP contribution in [-0.4, -0.2) is 6.18 Å². The molecule has 2 nitrogen and oxygen atoms in total. The first-order valence-corrected chi connectivity index (χ1v) is 5.52. The minimum Gasteiger partial charge on any atom is -0.271 e. The lowest BCUT2D eigenvalue weighted by molar-refractivity contribution is -0.135. The molecule has 1 rings (SSSR count). The minimum absolute atomic E-state index is 0.0915. The van der Waals surface area contributed by atoms with Gasteiger partial charge in [0.25, 0.3) is 0 Å². The minimum atomic E-state index is -4.08. The molecule has 0 aliphatic rings. The van der Waals surface area contributed by atoms with E-state index in [2.05, 4.69) is 5.43 Å². The maximum Gasteiger partial charge on any atom is 0.389 e. The van der Waals surface area contributed by atoms with Gasteiger partial charge < -0.3 is 0 Å². The van der Waals surface area contributed by atoms with Crippen LogP contribution in [0.25, 0.3) is 0 Å². The molecule has 0 aromatic carbocycles. The quantitative estimate of drug-likeness (QED) is 0.611. The fraction of sp³-hybridized carbons (Fsp3) is 0.556. The van der Waals surface area contributed by atoms with E-state index in [1.165, 1.54) is 11.3 Å². The van der Waals surface area contributed by atoms with Gasteiger partial charge in [-0.05, 0) is 35.2 Å². The average molecular weight is 238 g/mol. The number of hydrogen-bond acceptors (Lipinski definition) is 3. The molecule has 1 unspecified atom stereocenters. The molecule has 1 heterocycles. The van der Waals surface area contributed by atoms with Crippen LogP contribution in [0.1, 0.15) is 30.9 Å². The zero-order valence-corrected chi connectivity index (χ0v) is 8.87. The number of halogens is 3. The van der Waals surface area contributed by atoms with Gasteiger partial charge in [0.15, 0.2) is 0 Å². The maximum absolute atomic E-state index is 11.9. The normalized spacial score (nSPS) is 14.1. The summed E-state index contributed by atoms with van der Waals surface area (Å²) in [6.45, 7) is 0. The molecule has 15 heavy (non-hydrogen) atoms. The second-order valence-corrected chi connectivity index (χ2v) is 4.06. The Morgan fingerprint density at radius 1 is 1.47 bits per heavy atom. The Hall–Kier alpha value is -0.590. The number of hydrazine groups is 1. The molecule has 0 saturated carbocycles. The van der Waals surface area contributed by atoms with Crippen molar-refractivity contribution in [2.75, 3.05) is 0 Å². The first kappa shape index (κ1) is 12.5. The Bertz CT molecular complexity index is 271. The van der Waals surface area contributed by atoms with Crippen LogP contribution in [0.2, 0.25) is 0 Å². The molecule has 1 aromatic rings. The number of rotatable bonds is 5. The summed E-state index contributed by atoms with van der Waals surface area (Å²) in [5.74, 6) is 5.29. The van der Waals surface area contributed by atoms with Gasteiger partial charge in [-0.3, -0.25) is 11.3 Å². The third-order valence-corrected chi connectivity index (χ3v) is 2.80. The summed E-state index contributed by atoms with van der Waals surface area (Å²) >= 11 is 1.50. The van der Waals surface area contributed by atoms with Crippen LogP contribution < -0.4 is 11.3 Å². The molecular weight excluding hydrogens is 225 g/mol. The molecule has 1 aromatic heterocycles. The van der Waals surface area contributed by atoms with Gasteiger partial charge in [0.2, 0.25) is 0 Å². The fourth-order valence-electron chi connectivity index (χ4n) is 1.33. The molecular formula is C9H13F3N2S. The number of thiophene rings is 1. The maximum atomic E-state index is 11.9. The highest BCUT2D eigenvalue weighted by Gasteiger charge is 2.26. The molecule has 0 aliphatic carbocycles. The van der Waals surface area contributed by atoms with Gasteiger partial charge in [-0.1, -0.05) is 0 Å². The lowest BCUT2D eigenvalue weighted by atomic mass is 10.0. The van der Waals surface area contributed by atoms with Crippen molar-refractivity contribution in [1.29, 1.82) is 0 Å². The summed E-state index contributed by atoms with van der Waals surface area (Å²) in [6, 6.07) is 1.68. The monoisotopic (exact) mass is 238 g/mol. The molecule has 1 atom stereocenters. The molecule has 0 fully saturated rings. The van der Waals surface area contributed by atoms with Crippen LogP contribution in [0.5, 0.6) is 0 Å². The molecule has 0 amide bonds. The summed E-state index contributed by atoms with van der Waals surface area (Å²) in [5, 5.41) is 3.77. The molecule has 3 N–H and O–H groups in total. The van der Waals surface area contributed by atoms with Gasteiger partial charge in [0.1, 0.15) is 0 Å². The summed E-state index contributed by atoms with van der Waals surface area (Å²) < 4.78 is 35.7. The summed E-state index contributed by atoms with van der Waals surface area (Å²) in [6.07, 6.45) is -4.34. The number of hydrogen-bond donors (Lipinski definition) is 2. The fourth-order valence-corrected chi connectivity index (χ4v) is 2.04. The van der Waals surface area contributed by atoms with E-state index in [0.29, 0.717) is 6.42 Å². The predicted octanol–water partition coefficient (Wildman–Crippen LogP) is 2.99. The lowest BCUT2D eigenvalue weighted by Gasteiger charge is -2.14. The Labute approximate surface area is 90.3 Å². The Balaban J connectivity index is 2.36. The van der Waals surface area contributed by atoms with E-state index in [0.717, 1.165) is 5.56 Å². The largest absolute Gasteiger partial charge is 0.389 e. The zero-order chi connectivity index (χ0) is 11.3. The topological polar surface area (TPSA) is 38.0 Å². The van der Waals surface area contributed by atoms with E-state index in [9.17, 15) is 13.2 Å². The van der Waals surface area contributed by atoms with Crippen LogP contribution in [0.15, 0.2) is 16.8 Å². The van der Waals surface area contributed by atoms with Crippen molar-refractivity contribution >= 4 is 11.3 Å². The first-order chi connectivity index (χ1) is 7.03. The highest BCUT2D eigenvalue weighted by atomic mass is 32.1. The third-order valence-electron chi connectivity index (χ3n) is 2.10. The highest BCUT2D eigenvalue weighted by molar-refractivity contribution is 7.07. The van der Waals surface area contributed by atoms with Gasteiger partial charge in [-0.15, -0.1) is 0 Å². The van der Waals surface area contributed by atoms with Gasteiger partial charge >= 0.3 is 6.18 Å². The average Bonchev–Trinajstić information content (AvgIpc) is 2.63. The third kappa shape index (κ3) is 4.63. The van der Waals surface area contributed by atoms with Crippen molar-refractivity contribution < 1.29 is 13.2 Å². The number of nitrogens with one attached hydrogen (secondary N) is 1. The predicted molar refractivity (Wildman–Crippen MR) is 54.3 cm³/mol. The van der Waals surface area contributed by atoms with E-state index >= 15 is 0 Å². The van der Waals surface area contributed by atoms with E-state index < -0.39 is 12.6 Å². The Morgan fingerprint density at radius 2 is 2.20 bits per heavy atom. The van der Waals surface area contributed by atoms with Crippen molar-refractivity contribution in [3.8, 4) is 0 Å². The van der Waals surface area contributed by atoms with E-state index in [1.807, 2.05) is 16.8 Å². The van der Waals surface area contributed by atoms with Crippen molar-refractivity contribution in [1.82, 2.24) is 5.43 Å². The number of nitrogens with two attached hydrogens (primary N) is 1. The van der Waals surface area contributed by atoms with Crippen molar-refractivity contribution in [2.24, 2.45) is 5.84 Å².